The molecule has 0 saturated heterocycles. The fraction of sp³-hybridized carbons (Fsp3) is 0.588. The van der Waals surface area contributed by atoms with E-state index in [9.17, 15) is 0 Å². The predicted octanol–water partition coefficient (Wildman–Crippen LogP) is 5.09. The van der Waals surface area contributed by atoms with Crippen LogP contribution in [0.2, 0.25) is 0 Å². The molecule has 1 aromatic heterocycles. The third-order valence-corrected chi connectivity index (χ3v) is 3.61. The van der Waals surface area contributed by atoms with Crippen molar-refractivity contribution in [3.05, 3.63) is 30.1 Å². The van der Waals surface area contributed by atoms with E-state index in [-0.39, 0.29) is 17.8 Å². The van der Waals surface area contributed by atoms with Crippen LogP contribution in [-0.4, -0.2) is 9.55 Å². The van der Waals surface area contributed by atoms with E-state index in [2.05, 4.69) is 63.5 Å². The molecule has 2 aromatic rings. The number of hydrogen-bond donors (Lipinski definition) is 0. The van der Waals surface area contributed by atoms with Crippen molar-refractivity contribution in [3.63, 3.8) is 0 Å². The zero-order chi connectivity index (χ0) is 14.0. The monoisotopic (exact) mass is 294 g/mol. The quantitative estimate of drug-likeness (QED) is 0.768. The molecule has 1 atom stereocenters. The Morgan fingerprint density at radius 1 is 1.20 bits per heavy atom. The van der Waals surface area contributed by atoms with E-state index in [4.69, 9.17) is 4.98 Å². The lowest BCUT2D eigenvalue weighted by Crippen LogP contribution is -2.16. The Kier molecular flexibility index (Phi) is 5.64. The summed E-state index contributed by atoms with van der Waals surface area (Å²) in [6, 6.07) is 8.49. The summed E-state index contributed by atoms with van der Waals surface area (Å²) in [5, 5.41) is 0. The van der Waals surface area contributed by atoms with Gasteiger partial charge in [-0.15, -0.1) is 12.4 Å². The van der Waals surface area contributed by atoms with E-state index in [0.717, 1.165) is 18.5 Å². The van der Waals surface area contributed by atoms with E-state index in [1.54, 1.807) is 0 Å². The summed E-state index contributed by atoms with van der Waals surface area (Å²) in [5.41, 5.74) is 2.68. The Morgan fingerprint density at radius 3 is 2.45 bits per heavy atom. The lowest BCUT2D eigenvalue weighted by atomic mass is 9.92. The molecular formula is C17H27ClN2. The molecule has 0 saturated carbocycles. The van der Waals surface area contributed by atoms with Crippen LogP contribution in [0.3, 0.4) is 0 Å². The molecule has 2 rings (SSSR count). The fourth-order valence-corrected chi connectivity index (χ4v) is 2.38. The minimum Gasteiger partial charge on any atom is -0.328 e. The van der Waals surface area contributed by atoms with Gasteiger partial charge in [0, 0.05) is 13.0 Å². The molecule has 0 amide bonds. The molecule has 0 bridgehead atoms. The topological polar surface area (TPSA) is 17.8 Å². The van der Waals surface area contributed by atoms with Crippen LogP contribution in [0.5, 0.6) is 0 Å². The highest BCUT2D eigenvalue weighted by atomic mass is 35.5. The molecule has 0 radical (unpaired) electrons. The van der Waals surface area contributed by atoms with Crippen molar-refractivity contribution in [2.45, 2.75) is 54.0 Å². The van der Waals surface area contributed by atoms with Crippen LogP contribution in [0.1, 0.15) is 46.9 Å². The summed E-state index contributed by atoms with van der Waals surface area (Å²) in [4.78, 5) is 4.85. The first-order valence-electron chi connectivity index (χ1n) is 7.35. The summed E-state index contributed by atoms with van der Waals surface area (Å²) in [6.45, 7) is 12.5. The number of rotatable bonds is 4. The summed E-state index contributed by atoms with van der Waals surface area (Å²) in [7, 11) is 0. The lowest BCUT2D eigenvalue weighted by molar-refractivity contribution is 0.381. The Morgan fingerprint density at radius 2 is 1.85 bits per heavy atom. The Labute approximate surface area is 129 Å². The molecule has 0 aliphatic heterocycles. The highest BCUT2D eigenvalue weighted by Gasteiger charge is 2.18. The Balaban J connectivity index is 0.00000200. The smallest absolute Gasteiger partial charge is 0.110 e. The number of imidazole rings is 1. The third kappa shape index (κ3) is 3.99. The maximum atomic E-state index is 4.85. The van der Waals surface area contributed by atoms with Gasteiger partial charge in [0.25, 0.3) is 0 Å². The zero-order valence-electron chi connectivity index (χ0n) is 13.3. The number of benzene rings is 1. The van der Waals surface area contributed by atoms with Gasteiger partial charge >= 0.3 is 0 Å². The number of para-hydroxylation sites is 2. The Hall–Kier alpha value is -1.02. The Bertz CT molecular complexity index is 552. The van der Waals surface area contributed by atoms with Gasteiger partial charge in [0.2, 0.25) is 0 Å². The standard InChI is InChI=1S/C17H26N2.ClH/c1-6-13(2)12-19-15-10-8-7-9-14(15)18-16(19)11-17(3,4)5;/h7-10,13H,6,11-12H2,1-5H3;1H. The van der Waals surface area contributed by atoms with Crippen LogP contribution in [-0.2, 0) is 13.0 Å². The number of hydrogen-bond acceptors (Lipinski definition) is 1. The van der Waals surface area contributed by atoms with Gasteiger partial charge in [0.15, 0.2) is 0 Å². The minimum atomic E-state index is 0. The normalized spacial score (nSPS) is 13.2. The average molecular weight is 295 g/mol. The highest BCUT2D eigenvalue weighted by molar-refractivity contribution is 5.85. The molecule has 0 spiro atoms. The maximum Gasteiger partial charge on any atom is 0.110 e. The van der Waals surface area contributed by atoms with Gasteiger partial charge in [0.1, 0.15) is 5.82 Å². The van der Waals surface area contributed by atoms with E-state index < -0.39 is 0 Å². The second-order valence-corrected chi connectivity index (χ2v) is 6.88. The molecule has 3 heteroatoms. The molecular weight excluding hydrogens is 268 g/mol. The number of nitrogens with zero attached hydrogens (tertiary/aromatic N) is 2. The molecule has 112 valence electrons. The van der Waals surface area contributed by atoms with Crippen LogP contribution >= 0.6 is 12.4 Å². The highest BCUT2D eigenvalue weighted by Crippen LogP contribution is 2.25. The van der Waals surface area contributed by atoms with Crippen molar-refractivity contribution in [2.24, 2.45) is 11.3 Å². The van der Waals surface area contributed by atoms with Crippen molar-refractivity contribution in [3.8, 4) is 0 Å². The van der Waals surface area contributed by atoms with Crippen molar-refractivity contribution < 1.29 is 0 Å². The molecule has 0 fully saturated rings. The molecule has 20 heavy (non-hydrogen) atoms. The van der Waals surface area contributed by atoms with Gasteiger partial charge in [0.05, 0.1) is 11.0 Å². The number of aromatic nitrogens is 2. The van der Waals surface area contributed by atoms with Gasteiger partial charge in [-0.25, -0.2) is 4.98 Å². The average Bonchev–Trinajstić information content (AvgIpc) is 2.65. The number of halogens is 1. The molecule has 1 heterocycles. The minimum absolute atomic E-state index is 0. The first-order chi connectivity index (χ1) is 8.90. The first-order valence-corrected chi connectivity index (χ1v) is 7.35. The molecule has 0 aliphatic rings. The predicted molar refractivity (Wildman–Crippen MR) is 89.6 cm³/mol. The molecule has 1 aromatic carbocycles. The second-order valence-electron chi connectivity index (χ2n) is 6.88. The molecule has 0 N–H and O–H groups in total. The van der Waals surface area contributed by atoms with Gasteiger partial charge in [-0.1, -0.05) is 53.2 Å². The van der Waals surface area contributed by atoms with Crippen molar-refractivity contribution >= 4 is 23.4 Å². The molecule has 1 unspecified atom stereocenters. The third-order valence-electron chi connectivity index (χ3n) is 3.61. The van der Waals surface area contributed by atoms with E-state index >= 15 is 0 Å². The molecule has 0 aliphatic carbocycles. The van der Waals surface area contributed by atoms with Gasteiger partial charge < -0.3 is 4.57 Å². The second kappa shape index (κ2) is 6.62. The summed E-state index contributed by atoms with van der Waals surface area (Å²) >= 11 is 0. The van der Waals surface area contributed by atoms with E-state index in [1.165, 1.54) is 17.8 Å². The van der Waals surface area contributed by atoms with Crippen molar-refractivity contribution in [1.29, 1.82) is 0 Å². The van der Waals surface area contributed by atoms with Crippen LogP contribution in [0.4, 0.5) is 0 Å². The fourth-order valence-electron chi connectivity index (χ4n) is 2.38. The summed E-state index contributed by atoms with van der Waals surface area (Å²) in [5.74, 6) is 1.92. The lowest BCUT2D eigenvalue weighted by Gasteiger charge is -2.20. The largest absolute Gasteiger partial charge is 0.328 e. The van der Waals surface area contributed by atoms with Crippen LogP contribution in [0.25, 0.3) is 11.0 Å². The van der Waals surface area contributed by atoms with E-state index in [0.29, 0.717) is 5.92 Å². The van der Waals surface area contributed by atoms with Crippen LogP contribution in [0, 0.1) is 11.3 Å². The van der Waals surface area contributed by atoms with Crippen molar-refractivity contribution in [1.82, 2.24) is 9.55 Å². The number of fused-ring (bicyclic) bond motifs is 1. The maximum absolute atomic E-state index is 4.85. The van der Waals surface area contributed by atoms with Gasteiger partial charge in [-0.3, -0.25) is 0 Å². The van der Waals surface area contributed by atoms with E-state index in [1.807, 2.05) is 0 Å². The molecule has 2 nitrogen and oxygen atoms in total. The SMILES string of the molecule is CCC(C)Cn1c(CC(C)(C)C)nc2ccccc21.Cl. The van der Waals surface area contributed by atoms with Gasteiger partial charge in [-0.2, -0.15) is 0 Å². The summed E-state index contributed by atoms with van der Waals surface area (Å²) < 4.78 is 2.43. The van der Waals surface area contributed by atoms with Crippen LogP contribution in [0.15, 0.2) is 24.3 Å². The van der Waals surface area contributed by atoms with Gasteiger partial charge in [-0.05, 0) is 23.5 Å². The summed E-state index contributed by atoms with van der Waals surface area (Å²) in [6.07, 6.45) is 2.24. The zero-order valence-corrected chi connectivity index (χ0v) is 14.1. The first kappa shape index (κ1) is 17.0. The van der Waals surface area contributed by atoms with Crippen LogP contribution < -0.4 is 0 Å². The van der Waals surface area contributed by atoms with Crippen molar-refractivity contribution in [2.75, 3.05) is 0 Å².